The Balaban J connectivity index is 1.50. The summed E-state index contributed by atoms with van der Waals surface area (Å²) in [7, 11) is 6.41. The summed E-state index contributed by atoms with van der Waals surface area (Å²) < 4.78 is 0. The molecule has 2 saturated heterocycles. The monoisotopic (exact) mass is 373 g/mol. The standard InChI is InChI=1S/C21H35N5O/c1-5-22-21(27)26-15-17-13-25(14-18(17)16-26)20-9-7-19(8-10-20)24(4)12-6-11-23(2)3/h7-10,17-18H,5-6,11-16H2,1-4H3,(H,22,27)/t17-,18+. The van der Waals surface area contributed by atoms with Crippen LogP contribution in [0.3, 0.4) is 0 Å². The molecule has 1 aromatic carbocycles. The Labute approximate surface area is 164 Å². The van der Waals surface area contributed by atoms with Crippen LogP contribution in [-0.4, -0.2) is 82.8 Å². The van der Waals surface area contributed by atoms with Crippen LogP contribution >= 0.6 is 0 Å². The number of anilines is 2. The number of benzene rings is 1. The molecule has 3 rings (SSSR count). The molecule has 6 heteroatoms. The second-order valence-electron chi connectivity index (χ2n) is 8.26. The van der Waals surface area contributed by atoms with Gasteiger partial charge in [-0.05, 0) is 58.3 Å². The maximum Gasteiger partial charge on any atom is 0.317 e. The van der Waals surface area contributed by atoms with Crippen molar-refractivity contribution in [3.63, 3.8) is 0 Å². The fourth-order valence-electron chi connectivity index (χ4n) is 4.30. The molecule has 1 aromatic rings. The highest BCUT2D eigenvalue weighted by Gasteiger charge is 2.41. The van der Waals surface area contributed by atoms with E-state index in [-0.39, 0.29) is 6.03 Å². The van der Waals surface area contributed by atoms with E-state index in [9.17, 15) is 4.79 Å². The molecule has 0 bridgehead atoms. The predicted octanol–water partition coefficient (Wildman–Crippen LogP) is 2.17. The third-order valence-electron chi connectivity index (χ3n) is 5.86. The summed E-state index contributed by atoms with van der Waals surface area (Å²) in [5, 5.41) is 2.92. The van der Waals surface area contributed by atoms with Crippen molar-refractivity contribution in [2.24, 2.45) is 11.8 Å². The average Bonchev–Trinajstić information content (AvgIpc) is 3.21. The molecular weight excluding hydrogens is 338 g/mol. The van der Waals surface area contributed by atoms with Crippen molar-refractivity contribution in [3.05, 3.63) is 24.3 Å². The second-order valence-corrected chi connectivity index (χ2v) is 8.26. The van der Waals surface area contributed by atoms with Gasteiger partial charge in [0.15, 0.2) is 0 Å². The summed E-state index contributed by atoms with van der Waals surface area (Å²) in [5.74, 6) is 1.20. The number of carbonyl (C=O) groups is 1. The number of rotatable bonds is 7. The van der Waals surface area contributed by atoms with Crippen molar-refractivity contribution in [3.8, 4) is 0 Å². The summed E-state index contributed by atoms with van der Waals surface area (Å²) in [5.41, 5.74) is 2.58. The first-order chi connectivity index (χ1) is 13.0. The summed E-state index contributed by atoms with van der Waals surface area (Å²) >= 11 is 0. The quantitative estimate of drug-likeness (QED) is 0.795. The molecule has 0 aliphatic carbocycles. The van der Waals surface area contributed by atoms with Gasteiger partial charge in [-0.2, -0.15) is 0 Å². The lowest BCUT2D eigenvalue weighted by molar-refractivity contribution is 0.206. The Kier molecular flexibility index (Phi) is 6.47. The smallest absolute Gasteiger partial charge is 0.317 e. The molecule has 1 N–H and O–H groups in total. The van der Waals surface area contributed by atoms with Gasteiger partial charge in [0.25, 0.3) is 0 Å². The number of urea groups is 1. The van der Waals surface area contributed by atoms with Gasteiger partial charge in [0.2, 0.25) is 0 Å². The lowest BCUT2D eigenvalue weighted by Crippen LogP contribution is -2.40. The number of hydrogen-bond acceptors (Lipinski definition) is 4. The van der Waals surface area contributed by atoms with E-state index in [1.165, 1.54) is 17.8 Å². The van der Waals surface area contributed by atoms with E-state index in [0.717, 1.165) is 39.3 Å². The highest BCUT2D eigenvalue weighted by Crippen LogP contribution is 2.34. The fourth-order valence-corrected chi connectivity index (χ4v) is 4.30. The Morgan fingerprint density at radius 1 is 1.04 bits per heavy atom. The molecule has 2 atom stereocenters. The van der Waals surface area contributed by atoms with Crippen LogP contribution in [0.5, 0.6) is 0 Å². The first-order valence-corrected chi connectivity index (χ1v) is 10.2. The van der Waals surface area contributed by atoms with Crippen molar-refractivity contribution in [1.82, 2.24) is 15.1 Å². The lowest BCUT2D eigenvalue weighted by atomic mass is 10.0. The van der Waals surface area contributed by atoms with E-state index in [1.807, 2.05) is 11.8 Å². The van der Waals surface area contributed by atoms with E-state index < -0.39 is 0 Å². The molecule has 2 aliphatic rings. The second kappa shape index (κ2) is 8.83. The largest absolute Gasteiger partial charge is 0.375 e. The van der Waals surface area contributed by atoms with Gasteiger partial charge < -0.3 is 24.9 Å². The van der Waals surface area contributed by atoms with Crippen LogP contribution in [0.25, 0.3) is 0 Å². The highest BCUT2D eigenvalue weighted by molar-refractivity contribution is 5.74. The van der Waals surface area contributed by atoms with Crippen LogP contribution in [0, 0.1) is 11.8 Å². The first kappa shape index (κ1) is 19.8. The third kappa shape index (κ3) is 4.86. The van der Waals surface area contributed by atoms with Gasteiger partial charge in [-0.15, -0.1) is 0 Å². The van der Waals surface area contributed by atoms with Gasteiger partial charge in [-0.25, -0.2) is 4.79 Å². The van der Waals surface area contributed by atoms with Crippen LogP contribution in [0.2, 0.25) is 0 Å². The number of hydrogen-bond donors (Lipinski definition) is 1. The SMILES string of the molecule is CCNC(=O)N1C[C@@H]2CN(c3ccc(N(C)CCCN(C)C)cc3)C[C@@H]2C1. The van der Waals surface area contributed by atoms with E-state index in [2.05, 4.69) is 65.4 Å². The molecule has 150 valence electrons. The van der Waals surface area contributed by atoms with E-state index in [4.69, 9.17) is 0 Å². The van der Waals surface area contributed by atoms with Crippen LogP contribution in [0.15, 0.2) is 24.3 Å². The Bertz CT molecular complexity index is 604. The summed E-state index contributed by atoms with van der Waals surface area (Å²) in [6.45, 7) is 8.75. The normalized spacial score (nSPS) is 21.7. The molecule has 2 heterocycles. The van der Waals surface area contributed by atoms with Gasteiger partial charge in [0, 0.05) is 69.5 Å². The molecule has 0 spiro atoms. The van der Waals surface area contributed by atoms with Gasteiger partial charge in [-0.1, -0.05) is 0 Å². The zero-order valence-corrected chi connectivity index (χ0v) is 17.3. The number of nitrogens with one attached hydrogen (secondary N) is 1. The molecular formula is C21H35N5O. The minimum absolute atomic E-state index is 0.0973. The fraction of sp³-hybridized carbons (Fsp3) is 0.667. The molecule has 27 heavy (non-hydrogen) atoms. The number of fused-ring (bicyclic) bond motifs is 1. The van der Waals surface area contributed by atoms with E-state index in [0.29, 0.717) is 18.4 Å². The molecule has 0 unspecified atom stereocenters. The van der Waals surface area contributed by atoms with Crippen LogP contribution in [-0.2, 0) is 0 Å². The summed E-state index contributed by atoms with van der Waals surface area (Å²) in [6.07, 6.45) is 1.17. The Morgan fingerprint density at radius 2 is 1.67 bits per heavy atom. The highest BCUT2D eigenvalue weighted by atomic mass is 16.2. The zero-order chi connectivity index (χ0) is 19.4. The Hall–Kier alpha value is -1.95. The average molecular weight is 374 g/mol. The van der Waals surface area contributed by atoms with Crippen LogP contribution in [0.1, 0.15) is 13.3 Å². The minimum atomic E-state index is 0.0973. The lowest BCUT2D eigenvalue weighted by Gasteiger charge is -2.25. The third-order valence-corrected chi connectivity index (χ3v) is 5.86. The van der Waals surface area contributed by atoms with Crippen molar-refractivity contribution < 1.29 is 4.79 Å². The summed E-state index contributed by atoms with van der Waals surface area (Å²) in [6, 6.07) is 9.07. The van der Waals surface area contributed by atoms with Gasteiger partial charge in [-0.3, -0.25) is 0 Å². The minimum Gasteiger partial charge on any atom is -0.375 e. The van der Waals surface area contributed by atoms with Crippen molar-refractivity contribution in [1.29, 1.82) is 0 Å². The Morgan fingerprint density at radius 3 is 2.22 bits per heavy atom. The van der Waals surface area contributed by atoms with Crippen molar-refractivity contribution >= 4 is 17.4 Å². The maximum atomic E-state index is 12.0. The van der Waals surface area contributed by atoms with Crippen molar-refractivity contribution in [2.75, 3.05) is 76.8 Å². The topological polar surface area (TPSA) is 42.1 Å². The van der Waals surface area contributed by atoms with Crippen molar-refractivity contribution in [2.45, 2.75) is 13.3 Å². The van der Waals surface area contributed by atoms with E-state index >= 15 is 0 Å². The van der Waals surface area contributed by atoms with Gasteiger partial charge in [0.1, 0.15) is 0 Å². The molecule has 2 amide bonds. The number of amides is 2. The summed E-state index contributed by atoms with van der Waals surface area (Å²) in [4.78, 5) is 21.1. The van der Waals surface area contributed by atoms with Crippen LogP contribution in [0.4, 0.5) is 16.2 Å². The number of nitrogens with zero attached hydrogens (tertiary/aromatic N) is 4. The number of carbonyl (C=O) groups excluding carboxylic acids is 1. The first-order valence-electron chi connectivity index (χ1n) is 10.2. The van der Waals surface area contributed by atoms with Gasteiger partial charge >= 0.3 is 6.03 Å². The molecule has 0 saturated carbocycles. The zero-order valence-electron chi connectivity index (χ0n) is 17.3. The molecule has 0 aromatic heterocycles. The molecule has 2 fully saturated rings. The molecule has 2 aliphatic heterocycles. The van der Waals surface area contributed by atoms with Gasteiger partial charge in [0.05, 0.1) is 0 Å². The molecule has 6 nitrogen and oxygen atoms in total. The van der Waals surface area contributed by atoms with E-state index in [1.54, 1.807) is 0 Å². The maximum absolute atomic E-state index is 12.0. The molecule has 0 radical (unpaired) electrons. The number of likely N-dealkylation sites (tertiary alicyclic amines) is 1. The van der Waals surface area contributed by atoms with Crippen LogP contribution < -0.4 is 15.1 Å². The predicted molar refractivity (Wildman–Crippen MR) is 113 cm³/mol.